The minimum atomic E-state index is -1.18. The van der Waals surface area contributed by atoms with Crippen LogP contribution in [-0.4, -0.2) is 26.4 Å². The third-order valence-corrected chi connectivity index (χ3v) is 3.96. The van der Waals surface area contributed by atoms with Crippen molar-refractivity contribution in [3.63, 3.8) is 0 Å². The molecular formula is C14H14N2O3. The Balaban J connectivity index is 2.07. The largest absolute Gasteiger partial charge is 0.480 e. The summed E-state index contributed by atoms with van der Waals surface area (Å²) in [5.74, 6) is -0.459. The highest BCUT2D eigenvalue weighted by atomic mass is 16.4. The second kappa shape index (κ2) is 3.66. The van der Waals surface area contributed by atoms with E-state index < -0.39 is 11.4 Å². The second-order valence-corrected chi connectivity index (χ2v) is 5.14. The van der Waals surface area contributed by atoms with Gasteiger partial charge in [0.25, 0.3) is 0 Å². The zero-order chi connectivity index (χ0) is 13.8. The van der Waals surface area contributed by atoms with E-state index in [2.05, 4.69) is 4.98 Å². The third kappa shape index (κ3) is 1.58. The van der Waals surface area contributed by atoms with E-state index in [-0.39, 0.29) is 5.78 Å². The topological polar surface area (TPSA) is 72.2 Å². The highest BCUT2D eigenvalue weighted by Crippen LogP contribution is 2.48. The van der Waals surface area contributed by atoms with Crippen LogP contribution in [0.3, 0.4) is 0 Å². The molecule has 5 nitrogen and oxygen atoms in total. The summed E-state index contributed by atoms with van der Waals surface area (Å²) in [4.78, 5) is 27.8. The number of imidazole rings is 1. The van der Waals surface area contributed by atoms with Gasteiger partial charge in [0.05, 0.1) is 11.0 Å². The summed E-state index contributed by atoms with van der Waals surface area (Å²) in [6.07, 6.45) is 0.862. The molecule has 1 aromatic carbocycles. The summed E-state index contributed by atoms with van der Waals surface area (Å²) in [7, 11) is 1.91. The first-order chi connectivity index (χ1) is 8.95. The Morgan fingerprint density at radius 2 is 2.05 bits per heavy atom. The van der Waals surface area contributed by atoms with Crippen LogP contribution in [0.4, 0.5) is 0 Å². The van der Waals surface area contributed by atoms with Crippen molar-refractivity contribution in [1.29, 1.82) is 0 Å². The quantitative estimate of drug-likeness (QED) is 0.674. The van der Waals surface area contributed by atoms with Crippen molar-refractivity contribution in [2.75, 3.05) is 0 Å². The van der Waals surface area contributed by atoms with Gasteiger partial charge in [-0.3, -0.25) is 9.59 Å². The molecule has 2 aromatic rings. The van der Waals surface area contributed by atoms with Gasteiger partial charge in [0.1, 0.15) is 11.2 Å². The van der Waals surface area contributed by atoms with E-state index in [4.69, 9.17) is 5.11 Å². The van der Waals surface area contributed by atoms with Crippen molar-refractivity contribution in [3.05, 3.63) is 29.6 Å². The molecule has 1 N–H and O–H groups in total. The summed E-state index contributed by atoms with van der Waals surface area (Å²) in [6, 6.07) is 5.20. The van der Waals surface area contributed by atoms with E-state index in [0.29, 0.717) is 18.4 Å². The number of hydrogen-bond donors (Lipinski definition) is 1. The van der Waals surface area contributed by atoms with Crippen LogP contribution >= 0.6 is 0 Å². The monoisotopic (exact) mass is 258 g/mol. The predicted octanol–water partition coefficient (Wildman–Crippen LogP) is 1.93. The molecule has 1 saturated carbocycles. The molecule has 1 fully saturated rings. The number of carbonyl (C=O) groups excluding carboxylic acids is 1. The van der Waals surface area contributed by atoms with Gasteiger partial charge in [-0.15, -0.1) is 0 Å². The molecule has 5 heteroatoms. The molecule has 0 atom stereocenters. The number of rotatable bonds is 3. The fourth-order valence-corrected chi connectivity index (χ4v) is 2.40. The number of carboxylic acid groups (broad SMARTS) is 1. The molecule has 19 heavy (non-hydrogen) atoms. The Kier molecular flexibility index (Phi) is 2.29. The number of carbonyl (C=O) groups is 2. The van der Waals surface area contributed by atoms with Crippen LogP contribution in [0.25, 0.3) is 11.0 Å². The summed E-state index contributed by atoms with van der Waals surface area (Å²) < 4.78 is 1.94. The van der Waals surface area contributed by atoms with Crippen LogP contribution < -0.4 is 0 Å². The van der Waals surface area contributed by atoms with E-state index >= 15 is 0 Å². The molecule has 0 saturated heterocycles. The van der Waals surface area contributed by atoms with E-state index in [9.17, 15) is 9.59 Å². The lowest BCUT2D eigenvalue weighted by Crippen LogP contribution is -2.25. The number of benzene rings is 1. The maximum absolute atomic E-state index is 12.3. The first kappa shape index (κ1) is 11.9. The maximum atomic E-state index is 12.3. The van der Waals surface area contributed by atoms with Crippen molar-refractivity contribution in [2.24, 2.45) is 12.5 Å². The van der Waals surface area contributed by atoms with E-state index in [1.807, 2.05) is 24.6 Å². The minimum Gasteiger partial charge on any atom is -0.480 e. The number of carboxylic acids is 1. The van der Waals surface area contributed by atoms with Crippen molar-refractivity contribution in [3.8, 4) is 0 Å². The van der Waals surface area contributed by atoms with Crippen LogP contribution in [0, 0.1) is 12.3 Å². The lowest BCUT2D eigenvalue weighted by atomic mass is 9.94. The molecule has 0 bridgehead atoms. The fourth-order valence-electron chi connectivity index (χ4n) is 2.40. The number of hydrogen-bond acceptors (Lipinski definition) is 3. The second-order valence-electron chi connectivity index (χ2n) is 5.14. The molecule has 1 aliphatic rings. The standard InChI is InChI=1S/C14H14N2O3/c1-8-15-10-7-9(3-4-11(10)16(8)2)12(17)14(5-6-14)13(18)19/h3-4,7H,5-6H2,1-2H3,(H,18,19). The zero-order valence-corrected chi connectivity index (χ0v) is 10.8. The number of aryl methyl sites for hydroxylation is 2. The van der Waals surface area contributed by atoms with Gasteiger partial charge in [-0.05, 0) is 38.0 Å². The Labute approximate surface area is 109 Å². The lowest BCUT2D eigenvalue weighted by Gasteiger charge is -2.08. The van der Waals surface area contributed by atoms with Gasteiger partial charge in [-0.1, -0.05) is 0 Å². The highest BCUT2D eigenvalue weighted by Gasteiger charge is 2.56. The molecule has 1 aliphatic carbocycles. The number of nitrogens with zero attached hydrogens (tertiary/aromatic N) is 2. The number of ketones is 1. The smallest absolute Gasteiger partial charge is 0.317 e. The van der Waals surface area contributed by atoms with Crippen molar-refractivity contribution < 1.29 is 14.7 Å². The molecule has 0 spiro atoms. The molecular weight excluding hydrogens is 244 g/mol. The fraction of sp³-hybridized carbons (Fsp3) is 0.357. The van der Waals surface area contributed by atoms with Crippen molar-refractivity contribution >= 4 is 22.8 Å². The number of Topliss-reactive ketones (excluding diaryl/α,β-unsaturated/α-hetero) is 1. The predicted molar refractivity (Wildman–Crippen MR) is 69.1 cm³/mol. The number of aromatic nitrogens is 2. The van der Waals surface area contributed by atoms with Crippen LogP contribution in [0.15, 0.2) is 18.2 Å². The summed E-state index contributed by atoms with van der Waals surface area (Å²) in [5.41, 5.74) is 0.920. The van der Waals surface area contributed by atoms with E-state index in [1.165, 1.54) is 0 Å². The maximum Gasteiger partial charge on any atom is 0.317 e. The molecule has 1 aromatic heterocycles. The molecule has 98 valence electrons. The Hall–Kier alpha value is -2.17. The van der Waals surface area contributed by atoms with Gasteiger partial charge in [-0.25, -0.2) is 4.98 Å². The average molecular weight is 258 g/mol. The van der Waals surface area contributed by atoms with Gasteiger partial charge in [0, 0.05) is 12.6 Å². The Morgan fingerprint density at radius 1 is 1.37 bits per heavy atom. The Morgan fingerprint density at radius 3 is 2.63 bits per heavy atom. The van der Waals surface area contributed by atoms with Crippen LogP contribution in [0.5, 0.6) is 0 Å². The highest BCUT2D eigenvalue weighted by molar-refractivity contribution is 6.15. The number of fused-ring (bicyclic) bond motifs is 1. The lowest BCUT2D eigenvalue weighted by molar-refractivity contribution is -0.141. The average Bonchev–Trinajstić information content (AvgIpc) is 3.13. The molecule has 0 amide bonds. The van der Waals surface area contributed by atoms with Crippen molar-refractivity contribution in [1.82, 2.24) is 9.55 Å². The molecule has 0 unspecified atom stereocenters. The first-order valence-electron chi connectivity index (χ1n) is 6.17. The van der Waals surface area contributed by atoms with Crippen LogP contribution in [0.2, 0.25) is 0 Å². The molecule has 0 radical (unpaired) electrons. The normalized spacial score (nSPS) is 16.5. The van der Waals surface area contributed by atoms with E-state index in [1.54, 1.807) is 12.1 Å². The molecule has 3 rings (SSSR count). The van der Waals surface area contributed by atoms with Gasteiger partial charge >= 0.3 is 5.97 Å². The SMILES string of the molecule is Cc1nc2cc(C(=O)C3(C(=O)O)CC3)ccc2n1C. The van der Waals surface area contributed by atoms with Gasteiger partial charge < -0.3 is 9.67 Å². The van der Waals surface area contributed by atoms with Crippen LogP contribution in [0.1, 0.15) is 29.0 Å². The summed E-state index contributed by atoms with van der Waals surface area (Å²) >= 11 is 0. The van der Waals surface area contributed by atoms with Gasteiger partial charge in [-0.2, -0.15) is 0 Å². The van der Waals surface area contributed by atoms with Gasteiger partial charge in [0.15, 0.2) is 5.78 Å². The van der Waals surface area contributed by atoms with Gasteiger partial charge in [0.2, 0.25) is 0 Å². The zero-order valence-electron chi connectivity index (χ0n) is 10.8. The van der Waals surface area contributed by atoms with Crippen molar-refractivity contribution in [2.45, 2.75) is 19.8 Å². The van der Waals surface area contributed by atoms with Crippen LogP contribution in [-0.2, 0) is 11.8 Å². The summed E-state index contributed by atoms with van der Waals surface area (Å²) in [6.45, 7) is 1.89. The first-order valence-corrected chi connectivity index (χ1v) is 6.17. The molecule has 1 heterocycles. The van der Waals surface area contributed by atoms with E-state index in [0.717, 1.165) is 16.9 Å². The summed E-state index contributed by atoms with van der Waals surface area (Å²) in [5, 5.41) is 9.16. The Bertz CT molecular complexity index is 711. The number of aliphatic carboxylic acids is 1. The minimum absolute atomic E-state index is 0.301. The third-order valence-electron chi connectivity index (χ3n) is 3.96. The molecule has 0 aliphatic heterocycles.